The Labute approximate surface area is 119 Å². The van der Waals surface area contributed by atoms with Crippen LogP contribution in [0.25, 0.3) is 0 Å². The van der Waals surface area contributed by atoms with Gasteiger partial charge in [-0.2, -0.15) is 0 Å². The minimum atomic E-state index is -3.51. The van der Waals surface area contributed by atoms with E-state index >= 15 is 0 Å². The first-order valence-corrected chi connectivity index (χ1v) is 8.81. The van der Waals surface area contributed by atoms with Crippen LogP contribution in [0.3, 0.4) is 0 Å². The van der Waals surface area contributed by atoms with Crippen LogP contribution in [-0.4, -0.2) is 19.6 Å². The van der Waals surface area contributed by atoms with Gasteiger partial charge in [0.2, 0.25) is 10.0 Å². The van der Waals surface area contributed by atoms with Crippen molar-refractivity contribution < 1.29 is 13.5 Å². The van der Waals surface area contributed by atoms with Crippen molar-refractivity contribution in [1.29, 1.82) is 0 Å². The topological polar surface area (TPSA) is 66.4 Å². The first-order chi connectivity index (χ1) is 9.62. The molecule has 0 aromatic heterocycles. The number of rotatable bonds is 4. The van der Waals surface area contributed by atoms with Gasteiger partial charge in [0, 0.05) is 6.04 Å². The molecule has 3 saturated carbocycles. The van der Waals surface area contributed by atoms with E-state index in [1.807, 2.05) is 0 Å². The van der Waals surface area contributed by atoms with E-state index in [0.717, 1.165) is 11.8 Å². The van der Waals surface area contributed by atoms with Crippen LogP contribution in [0.1, 0.15) is 24.8 Å². The van der Waals surface area contributed by atoms with Crippen LogP contribution in [0.4, 0.5) is 0 Å². The van der Waals surface area contributed by atoms with E-state index in [0.29, 0.717) is 17.4 Å². The molecule has 3 aliphatic rings. The Morgan fingerprint density at radius 1 is 1.15 bits per heavy atom. The zero-order valence-electron chi connectivity index (χ0n) is 11.2. The minimum Gasteiger partial charge on any atom is -0.392 e. The van der Waals surface area contributed by atoms with Crippen molar-refractivity contribution in [2.45, 2.75) is 36.8 Å². The van der Waals surface area contributed by atoms with E-state index in [9.17, 15) is 13.5 Å². The van der Waals surface area contributed by atoms with Gasteiger partial charge in [0.05, 0.1) is 11.5 Å². The summed E-state index contributed by atoms with van der Waals surface area (Å²) in [6.07, 6.45) is 3.86. The molecule has 4 nitrogen and oxygen atoms in total. The summed E-state index contributed by atoms with van der Waals surface area (Å²) in [6.45, 7) is -0.250. The Morgan fingerprint density at radius 3 is 2.45 bits per heavy atom. The van der Waals surface area contributed by atoms with Gasteiger partial charge >= 0.3 is 0 Å². The minimum absolute atomic E-state index is 0.137. The van der Waals surface area contributed by atoms with E-state index in [-0.39, 0.29) is 17.5 Å². The lowest BCUT2D eigenvalue weighted by molar-refractivity contribution is 0.278. The van der Waals surface area contributed by atoms with Gasteiger partial charge in [0.1, 0.15) is 0 Å². The number of sulfonamides is 1. The van der Waals surface area contributed by atoms with Crippen molar-refractivity contribution in [3.63, 3.8) is 0 Å². The van der Waals surface area contributed by atoms with Gasteiger partial charge < -0.3 is 5.11 Å². The number of aliphatic hydroxyl groups excluding tert-OH is 1. The highest BCUT2D eigenvalue weighted by Gasteiger charge is 2.65. The second-order valence-corrected chi connectivity index (χ2v) is 8.08. The SMILES string of the molecule is O=S(=O)(NC1C2C3CCC(C3)C12)c1ccccc1CO. The maximum Gasteiger partial charge on any atom is 0.241 e. The van der Waals surface area contributed by atoms with Crippen LogP contribution in [0.2, 0.25) is 0 Å². The Morgan fingerprint density at radius 2 is 1.80 bits per heavy atom. The average molecular weight is 293 g/mol. The smallest absolute Gasteiger partial charge is 0.241 e. The second kappa shape index (κ2) is 4.29. The third kappa shape index (κ3) is 1.76. The van der Waals surface area contributed by atoms with Gasteiger partial charge in [-0.25, -0.2) is 13.1 Å². The molecule has 4 rings (SSSR count). The zero-order chi connectivity index (χ0) is 13.9. The first kappa shape index (κ1) is 12.8. The summed E-state index contributed by atoms with van der Waals surface area (Å²) in [5, 5.41) is 9.29. The first-order valence-electron chi connectivity index (χ1n) is 7.33. The summed E-state index contributed by atoms with van der Waals surface area (Å²) >= 11 is 0. The molecule has 1 aromatic rings. The predicted octanol–water partition coefficient (Wildman–Crippen LogP) is 1.50. The molecule has 3 fully saturated rings. The summed E-state index contributed by atoms with van der Waals surface area (Å²) < 4.78 is 27.9. The largest absolute Gasteiger partial charge is 0.392 e. The molecule has 0 radical (unpaired) electrons. The number of fused-ring (bicyclic) bond motifs is 5. The predicted molar refractivity (Wildman–Crippen MR) is 74.3 cm³/mol. The second-order valence-electron chi connectivity index (χ2n) is 6.40. The molecule has 4 atom stereocenters. The molecule has 2 bridgehead atoms. The fraction of sp³-hybridized carbons (Fsp3) is 0.600. The molecule has 3 aliphatic carbocycles. The van der Waals surface area contributed by atoms with E-state index in [1.54, 1.807) is 24.3 Å². The van der Waals surface area contributed by atoms with Crippen LogP contribution in [-0.2, 0) is 16.6 Å². The molecular formula is C15H19NO3S. The van der Waals surface area contributed by atoms with Crippen molar-refractivity contribution in [3.05, 3.63) is 29.8 Å². The lowest BCUT2D eigenvalue weighted by atomic mass is 10.0. The van der Waals surface area contributed by atoms with Crippen LogP contribution in [0.5, 0.6) is 0 Å². The van der Waals surface area contributed by atoms with Crippen LogP contribution in [0, 0.1) is 23.7 Å². The molecule has 108 valence electrons. The summed E-state index contributed by atoms with van der Waals surface area (Å²) in [5.74, 6) is 2.63. The molecule has 0 aliphatic heterocycles. The fourth-order valence-electron chi connectivity index (χ4n) is 4.62. The molecule has 0 amide bonds. The summed E-state index contributed by atoms with van der Waals surface area (Å²) in [7, 11) is -3.51. The van der Waals surface area contributed by atoms with Gasteiger partial charge in [-0.15, -0.1) is 0 Å². The van der Waals surface area contributed by atoms with Gasteiger partial charge in [-0.1, -0.05) is 18.2 Å². The standard InChI is InChI=1S/C15H19NO3S/c17-8-11-3-1-2-4-12(11)20(18,19)16-15-13-9-5-6-10(7-9)14(13)15/h1-4,9-10,13-17H,5-8H2. The molecule has 0 spiro atoms. The Kier molecular flexibility index (Phi) is 2.75. The lowest BCUT2D eigenvalue weighted by Crippen LogP contribution is -2.30. The third-order valence-corrected chi connectivity index (χ3v) is 7.02. The number of hydrogen-bond acceptors (Lipinski definition) is 3. The van der Waals surface area contributed by atoms with Gasteiger partial charge in [0.15, 0.2) is 0 Å². The van der Waals surface area contributed by atoms with E-state index < -0.39 is 10.0 Å². The Balaban J connectivity index is 1.57. The highest BCUT2D eigenvalue weighted by molar-refractivity contribution is 7.89. The maximum atomic E-state index is 12.5. The quantitative estimate of drug-likeness (QED) is 0.884. The molecular weight excluding hydrogens is 274 g/mol. The van der Waals surface area contributed by atoms with Gasteiger partial charge in [-0.3, -0.25) is 0 Å². The monoisotopic (exact) mass is 293 g/mol. The number of hydrogen-bond donors (Lipinski definition) is 2. The summed E-state index contributed by atoms with van der Waals surface area (Å²) in [6, 6.07) is 6.81. The van der Waals surface area contributed by atoms with Gasteiger partial charge in [-0.05, 0) is 54.6 Å². The highest BCUT2D eigenvalue weighted by Crippen LogP contribution is 2.65. The Bertz CT molecular complexity index is 626. The van der Waals surface area contributed by atoms with Crippen LogP contribution < -0.4 is 4.72 Å². The van der Waals surface area contributed by atoms with Crippen molar-refractivity contribution >= 4 is 10.0 Å². The summed E-state index contributed by atoms with van der Waals surface area (Å²) in [5.41, 5.74) is 0.466. The maximum absolute atomic E-state index is 12.5. The molecule has 0 heterocycles. The Hall–Kier alpha value is -0.910. The van der Waals surface area contributed by atoms with Crippen molar-refractivity contribution in [2.24, 2.45) is 23.7 Å². The molecule has 2 N–H and O–H groups in total. The van der Waals surface area contributed by atoms with Crippen LogP contribution >= 0.6 is 0 Å². The van der Waals surface area contributed by atoms with E-state index in [2.05, 4.69) is 4.72 Å². The number of aliphatic hydroxyl groups is 1. The van der Waals surface area contributed by atoms with Crippen molar-refractivity contribution in [2.75, 3.05) is 0 Å². The van der Waals surface area contributed by atoms with Crippen molar-refractivity contribution in [3.8, 4) is 0 Å². The molecule has 4 unspecified atom stereocenters. The fourth-order valence-corrected chi connectivity index (χ4v) is 6.16. The molecule has 20 heavy (non-hydrogen) atoms. The third-order valence-electron chi connectivity index (χ3n) is 5.46. The van der Waals surface area contributed by atoms with E-state index in [1.165, 1.54) is 19.3 Å². The normalized spacial score (nSPS) is 38.0. The number of nitrogens with one attached hydrogen (secondary N) is 1. The number of benzene rings is 1. The highest BCUT2D eigenvalue weighted by atomic mass is 32.2. The van der Waals surface area contributed by atoms with Crippen molar-refractivity contribution in [1.82, 2.24) is 4.72 Å². The van der Waals surface area contributed by atoms with Gasteiger partial charge in [0.25, 0.3) is 0 Å². The molecule has 0 saturated heterocycles. The zero-order valence-corrected chi connectivity index (χ0v) is 12.0. The summed E-state index contributed by atoms with van der Waals surface area (Å²) in [4.78, 5) is 0.222. The average Bonchev–Trinajstić information content (AvgIpc) is 2.85. The van der Waals surface area contributed by atoms with E-state index in [4.69, 9.17) is 0 Å². The molecule has 1 aromatic carbocycles. The molecule has 5 heteroatoms. The van der Waals surface area contributed by atoms with Crippen LogP contribution in [0.15, 0.2) is 29.2 Å². The lowest BCUT2D eigenvalue weighted by Gasteiger charge is -2.13.